The summed E-state index contributed by atoms with van der Waals surface area (Å²) in [6.07, 6.45) is 1.89. The molecule has 3 nitrogen and oxygen atoms in total. The Kier molecular flexibility index (Phi) is 3.84. The van der Waals surface area contributed by atoms with Crippen LogP contribution in [0.5, 0.6) is 0 Å². The SMILES string of the molecule is CN(Cc1ccccc1)c1ncc(CN)c2ccccc12. The molecule has 3 aromatic rings. The van der Waals surface area contributed by atoms with Crippen molar-refractivity contribution in [1.82, 2.24) is 4.98 Å². The van der Waals surface area contributed by atoms with E-state index in [9.17, 15) is 0 Å². The number of pyridine rings is 1. The van der Waals surface area contributed by atoms with Gasteiger partial charge in [0.25, 0.3) is 0 Å². The molecule has 0 atom stereocenters. The predicted octanol–water partition coefficient (Wildman–Crippen LogP) is 3.33. The number of nitrogens with zero attached hydrogens (tertiary/aromatic N) is 2. The maximum atomic E-state index is 5.81. The first-order chi connectivity index (χ1) is 10.3. The summed E-state index contributed by atoms with van der Waals surface area (Å²) >= 11 is 0. The molecule has 0 saturated heterocycles. The summed E-state index contributed by atoms with van der Waals surface area (Å²) in [7, 11) is 2.07. The molecule has 0 aliphatic carbocycles. The molecule has 2 N–H and O–H groups in total. The number of benzene rings is 2. The Balaban J connectivity index is 2.00. The highest BCUT2D eigenvalue weighted by molar-refractivity contribution is 5.94. The van der Waals surface area contributed by atoms with Crippen LogP contribution in [0.4, 0.5) is 5.82 Å². The number of hydrogen-bond donors (Lipinski definition) is 1. The first-order valence-electron chi connectivity index (χ1n) is 7.11. The van der Waals surface area contributed by atoms with Crippen LogP contribution in [0.15, 0.2) is 60.8 Å². The molecule has 3 heteroatoms. The average Bonchev–Trinajstić information content (AvgIpc) is 2.54. The van der Waals surface area contributed by atoms with Crippen LogP contribution < -0.4 is 10.6 Å². The number of nitrogens with two attached hydrogens (primary N) is 1. The second kappa shape index (κ2) is 5.94. The lowest BCUT2D eigenvalue weighted by atomic mass is 10.1. The van der Waals surface area contributed by atoms with Gasteiger partial charge in [-0.15, -0.1) is 0 Å². The van der Waals surface area contributed by atoms with Gasteiger partial charge in [0.15, 0.2) is 0 Å². The van der Waals surface area contributed by atoms with Crippen molar-refractivity contribution in [3.05, 3.63) is 71.9 Å². The van der Waals surface area contributed by atoms with Crippen molar-refractivity contribution >= 4 is 16.6 Å². The molecule has 1 heterocycles. The standard InChI is InChI=1S/C18H19N3/c1-21(13-14-7-3-2-4-8-14)18-17-10-6-5-9-16(17)15(11-19)12-20-18/h2-10,12H,11,13,19H2,1H3. The molecule has 0 aliphatic heterocycles. The molecule has 106 valence electrons. The molecule has 3 rings (SSSR count). The third kappa shape index (κ3) is 2.73. The lowest BCUT2D eigenvalue weighted by molar-refractivity contribution is 0.901. The molecular formula is C18H19N3. The van der Waals surface area contributed by atoms with E-state index in [-0.39, 0.29) is 0 Å². The zero-order chi connectivity index (χ0) is 14.7. The average molecular weight is 277 g/mol. The van der Waals surface area contributed by atoms with Crippen molar-refractivity contribution in [3.8, 4) is 0 Å². The van der Waals surface area contributed by atoms with Crippen LogP contribution in [0.25, 0.3) is 10.8 Å². The van der Waals surface area contributed by atoms with Crippen LogP contribution in [-0.2, 0) is 13.1 Å². The highest BCUT2D eigenvalue weighted by Crippen LogP contribution is 2.27. The maximum Gasteiger partial charge on any atom is 0.136 e. The summed E-state index contributed by atoms with van der Waals surface area (Å²) in [5.41, 5.74) is 8.17. The van der Waals surface area contributed by atoms with Crippen LogP contribution in [-0.4, -0.2) is 12.0 Å². The van der Waals surface area contributed by atoms with E-state index in [0.29, 0.717) is 6.54 Å². The summed E-state index contributed by atoms with van der Waals surface area (Å²) in [5.74, 6) is 0.992. The number of aromatic nitrogens is 1. The topological polar surface area (TPSA) is 42.2 Å². The second-order valence-corrected chi connectivity index (χ2v) is 5.20. The fourth-order valence-corrected chi connectivity index (χ4v) is 2.64. The highest BCUT2D eigenvalue weighted by Gasteiger charge is 2.10. The molecule has 0 amide bonds. The highest BCUT2D eigenvalue weighted by atomic mass is 15.2. The monoisotopic (exact) mass is 277 g/mol. The van der Waals surface area contributed by atoms with Crippen LogP contribution in [0.3, 0.4) is 0 Å². The van der Waals surface area contributed by atoms with Gasteiger partial charge in [-0.2, -0.15) is 0 Å². The van der Waals surface area contributed by atoms with Gasteiger partial charge >= 0.3 is 0 Å². The Morgan fingerprint density at radius 2 is 1.62 bits per heavy atom. The summed E-state index contributed by atoms with van der Waals surface area (Å²) in [5, 5.41) is 2.34. The second-order valence-electron chi connectivity index (χ2n) is 5.20. The lowest BCUT2D eigenvalue weighted by Gasteiger charge is -2.21. The van der Waals surface area contributed by atoms with Crippen LogP contribution in [0.1, 0.15) is 11.1 Å². The molecule has 1 aromatic heterocycles. The van der Waals surface area contributed by atoms with Crippen LogP contribution >= 0.6 is 0 Å². The van der Waals surface area contributed by atoms with E-state index >= 15 is 0 Å². The first kappa shape index (κ1) is 13.6. The van der Waals surface area contributed by atoms with Crippen molar-refractivity contribution < 1.29 is 0 Å². The van der Waals surface area contributed by atoms with E-state index in [1.54, 1.807) is 0 Å². The van der Waals surface area contributed by atoms with Crippen molar-refractivity contribution in [3.63, 3.8) is 0 Å². The molecule has 2 aromatic carbocycles. The zero-order valence-electron chi connectivity index (χ0n) is 12.2. The molecule has 0 fully saturated rings. The summed E-state index contributed by atoms with van der Waals surface area (Å²) in [4.78, 5) is 6.80. The fraction of sp³-hybridized carbons (Fsp3) is 0.167. The first-order valence-corrected chi connectivity index (χ1v) is 7.11. The molecule has 0 spiro atoms. The lowest BCUT2D eigenvalue weighted by Crippen LogP contribution is -2.18. The van der Waals surface area contributed by atoms with Crippen LogP contribution in [0.2, 0.25) is 0 Å². The van der Waals surface area contributed by atoms with Gasteiger partial charge in [0.2, 0.25) is 0 Å². The molecule has 21 heavy (non-hydrogen) atoms. The van der Waals surface area contributed by atoms with Crippen molar-refractivity contribution in [2.45, 2.75) is 13.1 Å². The number of rotatable bonds is 4. The summed E-state index contributed by atoms with van der Waals surface area (Å²) in [6.45, 7) is 1.34. The minimum Gasteiger partial charge on any atom is -0.355 e. The Bertz CT molecular complexity index is 738. The third-order valence-corrected chi connectivity index (χ3v) is 3.70. The van der Waals surface area contributed by atoms with Gasteiger partial charge in [0, 0.05) is 31.7 Å². The van der Waals surface area contributed by atoms with E-state index in [1.807, 2.05) is 24.4 Å². The maximum absolute atomic E-state index is 5.81. The normalized spacial score (nSPS) is 10.8. The van der Waals surface area contributed by atoms with Gasteiger partial charge in [0.05, 0.1) is 0 Å². The number of fused-ring (bicyclic) bond motifs is 1. The number of hydrogen-bond acceptors (Lipinski definition) is 3. The zero-order valence-corrected chi connectivity index (χ0v) is 12.2. The molecule has 0 bridgehead atoms. The largest absolute Gasteiger partial charge is 0.355 e. The molecule has 0 saturated carbocycles. The van der Waals surface area contributed by atoms with Crippen LogP contribution in [0, 0.1) is 0 Å². The van der Waals surface area contributed by atoms with E-state index in [4.69, 9.17) is 5.73 Å². The Morgan fingerprint density at radius 3 is 2.33 bits per heavy atom. The van der Waals surface area contributed by atoms with Crippen molar-refractivity contribution in [1.29, 1.82) is 0 Å². The van der Waals surface area contributed by atoms with Gasteiger partial charge in [-0.3, -0.25) is 0 Å². The van der Waals surface area contributed by atoms with E-state index in [2.05, 4.69) is 53.3 Å². The smallest absolute Gasteiger partial charge is 0.136 e. The minimum absolute atomic E-state index is 0.510. The predicted molar refractivity (Wildman–Crippen MR) is 88.2 cm³/mol. The Labute approximate surface area is 125 Å². The van der Waals surface area contributed by atoms with Crippen molar-refractivity contribution in [2.24, 2.45) is 5.73 Å². The third-order valence-electron chi connectivity index (χ3n) is 3.70. The number of anilines is 1. The van der Waals surface area contributed by atoms with E-state index in [1.165, 1.54) is 10.9 Å². The molecular weight excluding hydrogens is 258 g/mol. The summed E-state index contributed by atoms with van der Waals surface area (Å²) < 4.78 is 0. The van der Waals surface area contributed by atoms with Gasteiger partial charge in [-0.1, -0.05) is 54.6 Å². The Morgan fingerprint density at radius 1 is 0.952 bits per heavy atom. The van der Waals surface area contributed by atoms with E-state index in [0.717, 1.165) is 23.3 Å². The van der Waals surface area contributed by atoms with Gasteiger partial charge in [-0.25, -0.2) is 4.98 Å². The van der Waals surface area contributed by atoms with Gasteiger partial charge in [0.1, 0.15) is 5.82 Å². The van der Waals surface area contributed by atoms with Crippen molar-refractivity contribution in [2.75, 3.05) is 11.9 Å². The van der Waals surface area contributed by atoms with Gasteiger partial charge in [-0.05, 0) is 16.5 Å². The summed E-state index contributed by atoms with van der Waals surface area (Å²) in [6, 6.07) is 18.7. The quantitative estimate of drug-likeness (QED) is 0.795. The van der Waals surface area contributed by atoms with Gasteiger partial charge < -0.3 is 10.6 Å². The minimum atomic E-state index is 0.510. The molecule has 0 unspecified atom stereocenters. The van der Waals surface area contributed by atoms with E-state index < -0.39 is 0 Å². The fourth-order valence-electron chi connectivity index (χ4n) is 2.64. The molecule has 0 radical (unpaired) electrons. The Hall–Kier alpha value is -2.39. The molecule has 0 aliphatic rings.